The Morgan fingerprint density at radius 2 is 2.36 bits per heavy atom. The van der Waals surface area contributed by atoms with E-state index < -0.39 is 5.82 Å². The minimum absolute atomic E-state index is 0.00160. The molecule has 1 aromatic carbocycles. The van der Waals surface area contributed by atoms with Crippen LogP contribution in [0.4, 0.5) is 9.52 Å². The van der Waals surface area contributed by atoms with Crippen LogP contribution in [0.1, 0.15) is 24.8 Å². The van der Waals surface area contributed by atoms with E-state index in [1.807, 2.05) is 11.6 Å². The molecule has 7 heteroatoms. The van der Waals surface area contributed by atoms with E-state index >= 15 is 0 Å². The number of hydrogen-bond donors (Lipinski definition) is 1. The van der Waals surface area contributed by atoms with Crippen LogP contribution in [-0.4, -0.2) is 30.5 Å². The molecule has 2 aromatic rings. The van der Waals surface area contributed by atoms with Crippen molar-refractivity contribution in [2.45, 2.75) is 25.7 Å². The van der Waals surface area contributed by atoms with E-state index in [9.17, 15) is 9.18 Å². The van der Waals surface area contributed by atoms with Gasteiger partial charge in [0.05, 0.1) is 5.02 Å². The molecule has 3 rings (SSSR count). The number of carbonyl (C=O) groups excluding carboxylic acids is 1. The number of rotatable bonds is 6. The number of aromatic nitrogens is 1. The lowest BCUT2D eigenvalue weighted by Crippen LogP contribution is -2.41. The highest BCUT2D eigenvalue weighted by atomic mass is 35.5. The van der Waals surface area contributed by atoms with E-state index in [2.05, 4.69) is 15.2 Å². The van der Waals surface area contributed by atoms with Gasteiger partial charge >= 0.3 is 0 Å². The summed E-state index contributed by atoms with van der Waals surface area (Å²) in [6.45, 7) is 2.63. The minimum Gasteiger partial charge on any atom is -0.356 e. The third-order valence-electron chi connectivity index (χ3n) is 4.42. The number of benzene rings is 1. The Hall–Kier alpha value is -1.66. The number of piperidine rings is 1. The van der Waals surface area contributed by atoms with Crippen LogP contribution in [-0.2, 0) is 11.2 Å². The van der Waals surface area contributed by atoms with E-state index in [0.29, 0.717) is 25.3 Å². The number of aryl methyl sites for hydroxylation is 1. The Bertz CT molecular complexity index is 710. The maximum atomic E-state index is 13.4. The van der Waals surface area contributed by atoms with Crippen molar-refractivity contribution in [3.8, 4) is 0 Å². The summed E-state index contributed by atoms with van der Waals surface area (Å²) in [7, 11) is 0. The zero-order valence-corrected chi connectivity index (χ0v) is 15.5. The second-order valence-electron chi connectivity index (χ2n) is 6.32. The first kappa shape index (κ1) is 18.1. The molecule has 0 radical (unpaired) electrons. The van der Waals surface area contributed by atoms with Crippen molar-refractivity contribution in [1.29, 1.82) is 0 Å². The fraction of sp³-hybridized carbons (Fsp3) is 0.444. The van der Waals surface area contributed by atoms with Crippen LogP contribution in [0.5, 0.6) is 0 Å². The number of amides is 1. The first-order valence-corrected chi connectivity index (χ1v) is 9.72. The molecule has 25 heavy (non-hydrogen) atoms. The first-order chi connectivity index (χ1) is 12.1. The molecule has 1 saturated heterocycles. The molecule has 0 spiro atoms. The molecule has 0 saturated carbocycles. The molecule has 2 heterocycles. The second kappa shape index (κ2) is 8.63. The summed E-state index contributed by atoms with van der Waals surface area (Å²) in [5, 5.41) is 6.16. The molecule has 1 amide bonds. The van der Waals surface area contributed by atoms with Gasteiger partial charge in [0, 0.05) is 37.6 Å². The SMILES string of the molecule is O=C(CCc1ccc(Cl)c(F)c1)NCC1CCCN(c2nccs2)C1. The van der Waals surface area contributed by atoms with Crippen LogP contribution in [0.15, 0.2) is 29.8 Å². The van der Waals surface area contributed by atoms with E-state index in [1.54, 1.807) is 17.4 Å². The zero-order chi connectivity index (χ0) is 17.6. The maximum Gasteiger partial charge on any atom is 0.220 e. The highest BCUT2D eigenvalue weighted by Gasteiger charge is 2.21. The van der Waals surface area contributed by atoms with Gasteiger partial charge in [0.15, 0.2) is 5.13 Å². The molecule has 1 aliphatic rings. The molecule has 1 aromatic heterocycles. The van der Waals surface area contributed by atoms with Gasteiger partial charge in [-0.3, -0.25) is 4.79 Å². The molecule has 1 N–H and O–H groups in total. The lowest BCUT2D eigenvalue weighted by atomic mass is 9.98. The Morgan fingerprint density at radius 1 is 1.48 bits per heavy atom. The third-order valence-corrected chi connectivity index (χ3v) is 5.56. The molecule has 1 unspecified atom stereocenters. The molecule has 134 valence electrons. The highest BCUT2D eigenvalue weighted by molar-refractivity contribution is 7.13. The molecule has 0 bridgehead atoms. The van der Waals surface area contributed by atoms with Crippen molar-refractivity contribution in [2.24, 2.45) is 5.92 Å². The first-order valence-electron chi connectivity index (χ1n) is 8.47. The molecule has 1 atom stereocenters. The van der Waals surface area contributed by atoms with Crippen molar-refractivity contribution in [2.75, 3.05) is 24.5 Å². The smallest absolute Gasteiger partial charge is 0.220 e. The fourth-order valence-corrected chi connectivity index (χ4v) is 3.87. The Balaban J connectivity index is 1.41. The second-order valence-corrected chi connectivity index (χ2v) is 7.60. The molecule has 0 aliphatic carbocycles. The van der Waals surface area contributed by atoms with Crippen LogP contribution < -0.4 is 10.2 Å². The molecular formula is C18H21ClFN3OS. The average molecular weight is 382 g/mol. The Morgan fingerprint density at radius 3 is 3.12 bits per heavy atom. The zero-order valence-electron chi connectivity index (χ0n) is 13.9. The van der Waals surface area contributed by atoms with Crippen LogP contribution in [0, 0.1) is 11.7 Å². The lowest BCUT2D eigenvalue weighted by Gasteiger charge is -2.32. The van der Waals surface area contributed by atoms with Gasteiger partial charge in [-0.25, -0.2) is 9.37 Å². The fourth-order valence-electron chi connectivity index (χ4n) is 3.08. The maximum absolute atomic E-state index is 13.4. The number of hydrogen-bond acceptors (Lipinski definition) is 4. The van der Waals surface area contributed by atoms with E-state index in [0.717, 1.165) is 36.6 Å². The minimum atomic E-state index is -0.441. The number of halogens is 2. The number of nitrogens with one attached hydrogen (secondary N) is 1. The van der Waals surface area contributed by atoms with Gasteiger partial charge < -0.3 is 10.2 Å². The van der Waals surface area contributed by atoms with E-state index in [1.165, 1.54) is 12.1 Å². The number of thiazole rings is 1. The van der Waals surface area contributed by atoms with E-state index in [4.69, 9.17) is 11.6 Å². The molecule has 1 aliphatic heterocycles. The van der Waals surface area contributed by atoms with Gasteiger partial charge in [0.2, 0.25) is 5.91 Å². The summed E-state index contributed by atoms with van der Waals surface area (Å²) in [5.74, 6) is 0.000338. The number of nitrogens with zero attached hydrogens (tertiary/aromatic N) is 2. The van der Waals surface area contributed by atoms with Crippen LogP contribution in [0.2, 0.25) is 5.02 Å². The van der Waals surface area contributed by atoms with Gasteiger partial charge in [0.25, 0.3) is 0 Å². The van der Waals surface area contributed by atoms with Crippen molar-refractivity contribution >= 4 is 34.0 Å². The van der Waals surface area contributed by atoms with Gasteiger partial charge in [-0.05, 0) is 42.9 Å². The average Bonchev–Trinajstić information content (AvgIpc) is 3.16. The normalized spacial score (nSPS) is 17.5. The van der Waals surface area contributed by atoms with Crippen molar-refractivity contribution in [1.82, 2.24) is 10.3 Å². The summed E-state index contributed by atoms with van der Waals surface area (Å²) >= 11 is 7.32. The van der Waals surface area contributed by atoms with Crippen molar-refractivity contribution in [3.05, 3.63) is 46.2 Å². The molecule has 1 fully saturated rings. The summed E-state index contributed by atoms with van der Waals surface area (Å²) in [5.41, 5.74) is 0.782. The quantitative estimate of drug-likeness (QED) is 0.825. The van der Waals surface area contributed by atoms with Gasteiger partial charge in [-0.15, -0.1) is 11.3 Å². The van der Waals surface area contributed by atoms with Crippen molar-refractivity contribution in [3.63, 3.8) is 0 Å². The topological polar surface area (TPSA) is 45.2 Å². The van der Waals surface area contributed by atoms with Gasteiger partial charge in [-0.1, -0.05) is 17.7 Å². The highest BCUT2D eigenvalue weighted by Crippen LogP contribution is 2.24. The largest absolute Gasteiger partial charge is 0.356 e. The summed E-state index contributed by atoms with van der Waals surface area (Å²) in [4.78, 5) is 18.7. The lowest BCUT2D eigenvalue weighted by molar-refractivity contribution is -0.121. The van der Waals surface area contributed by atoms with Crippen LogP contribution in [0.3, 0.4) is 0 Å². The number of anilines is 1. The predicted octanol–water partition coefficient (Wildman–Crippen LogP) is 3.90. The van der Waals surface area contributed by atoms with Crippen molar-refractivity contribution < 1.29 is 9.18 Å². The standard InChI is InChI=1S/C18H21ClFN3OS/c19-15-5-3-13(10-16(15)20)4-6-17(24)22-11-14-2-1-8-23(12-14)18-21-7-9-25-18/h3,5,7,9-10,14H,1-2,4,6,8,11-12H2,(H,22,24). The van der Waals surface area contributed by atoms with E-state index in [-0.39, 0.29) is 10.9 Å². The Kier molecular flexibility index (Phi) is 6.26. The van der Waals surface area contributed by atoms with Crippen LogP contribution in [0.25, 0.3) is 0 Å². The summed E-state index contributed by atoms with van der Waals surface area (Å²) in [6.07, 6.45) is 4.92. The molecule has 4 nitrogen and oxygen atoms in total. The molecular weight excluding hydrogens is 361 g/mol. The summed E-state index contributed by atoms with van der Waals surface area (Å²) < 4.78 is 13.4. The third kappa shape index (κ3) is 5.16. The monoisotopic (exact) mass is 381 g/mol. The predicted molar refractivity (Wildman–Crippen MR) is 99.8 cm³/mol. The van der Waals surface area contributed by atoms with Gasteiger partial charge in [0.1, 0.15) is 5.82 Å². The Labute approximate surface area is 156 Å². The summed E-state index contributed by atoms with van der Waals surface area (Å²) in [6, 6.07) is 4.67. The number of carbonyl (C=O) groups is 1. The van der Waals surface area contributed by atoms with Crippen LogP contribution >= 0.6 is 22.9 Å². The van der Waals surface area contributed by atoms with Gasteiger partial charge in [-0.2, -0.15) is 0 Å².